The number of halogens is 5. The number of nitrogens with zero attached hydrogens (tertiary/aromatic N) is 3. The summed E-state index contributed by atoms with van der Waals surface area (Å²) in [5.74, 6) is -1.07. The third-order valence-electron chi connectivity index (χ3n) is 5.17. The van der Waals surface area contributed by atoms with Crippen LogP contribution in [0.2, 0.25) is 0 Å². The highest BCUT2D eigenvalue weighted by atomic mass is 19.4. The minimum Gasteiger partial charge on any atom is -0.375 e. The molecule has 0 aliphatic carbocycles. The summed E-state index contributed by atoms with van der Waals surface area (Å²) < 4.78 is 65.5. The lowest BCUT2D eigenvalue weighted by Crippen LogP contribution is -2.53. The molecular weight excluding hydrogens is 397 g/mol. The van der Waals surface area contributed by atoms with E-state index in [9.17, 15) is 31.9 Å². The molecule has 0 bridgehead atoms. The van der Waals surface area contributed by atoms with Crippen LogP contribution in [0, 0.1) is 0 Å². The molecule has 3 rings (SSSR count). The monoisotopic (exact) mass is 417 g/mol. The van der Waals surface area contributed by atoms with E-state index in [1.54, 1.807) is 6.07 Å². The number of aliphatic hydroxyl groups is 1. The second-order valence-electron chi connectivity index (χ2n) is 7.23. The number of amides is 1. The minimum atomic E-state index is -4.43. The lowest BCUT2D eigenvalue weighted by atomic mass is 9.92. The third kappa shape index (κ3) is 4.26. The standard InChI is InChI=1S/C19H20F5N3O2/c1-18(29,16(20)21)17(28)26-10-7-12(8-11-26)15-6-9-25-27(15)14-4-2-13(3-5-14)19(22,23)24/h2-6,9,12,16,29H,7-8,10-11H2,1H3. The molecule has 1 amide bonds. The first-order chi connectivity index (χ1) is 13.5. The van der Waals surface area contributed by atoms with Crippen molar-refractivity contribution in [2.45, 2.75) is 43.9 Å². The molecule has 5 nitrogen and oxygen atoms in total. The Hall–Kier alpha value is -2.49. The molecule has 1 atom stereocenters. The quantitative estimate of drug-likeness (QED) is 0.774. The van der Waals surface area contributed by atoms with Crippen LogP contribution in [0.5, 0.6) is 0 Å². The van der Waals surface area contributed by atoms with Gasteiger partial charge in [0.1, 0.15) is 0 Å². The average molecular weight is 417 g/mol. The molecule has 1 unspecified atom stereocenters. The van der Waals surface area contributed by atoms with E-state index in [1.807, 2.05) is 0 Å². The van der Waals surface area contributed by atoms with Gasteiger partial charge in [0.05, 0.1) is 11.3 Å². The molecule has 2 aromatic rings. The molecule has 1 saturated heterocycles. The Morgan fingerprint density at radius 2 is 1.72 bits per heavy atom. The fraction of sp³-hybridized carbons (Fsp3) is 0.474. The molecule has 0 saturated carbocycles. The van der Waals surface area contributed by atoms with Crippen molar-refractivity contribution in [1.29, 1.82) is 0 Å². The molecule has 0 spiro atoms. The molecular formula is C19H20F5N3O2. The Morgan fingerprint density at radius 3 is 2.24 bits per heavy atom. The van der Waals surface area contributed by atoms with Crippen molar-refractivity contribution in [1.82, 2.24) is 14.7 Å². The SMILES string of the molecule is CC(O)(C(=O)N1CCC(c2ccnn2-c2ccc(C(F)(F)F)cc2)CC1)C(F)F. The van der Waals surface area contributed by atoms with Crippen LogP contribution in [0.3, 0.4) is 0 Å². The van der Waals surface area contributed by atoms with Crippen molar-refractivity contribution in [3.05, 3.63) is 47.8 Å². The molecule has 29 heavy (non-hydrogen) atoms. The van der Waals surface area contributed by atoms with Crippen LogP contribution in [-0.4, -0.2) is 50.8 Å². The zero-order chi connectivity index (χ0) is 21.4. The molecule has 0 radical (unpaired) electrons. The second kappa shape index (κ2) is 7.74. The summed E-state index contributed by atoms with van der Waals surface area (Å²) in [5.41, 5.74) is -2.25. The van der Waals surface area contributed by atoms with Gasteiger partial charge in [-0.2, -0.15) is 18.3 Å². The molecule has 1 aliphatic rings. The van der Waals surface area contributed by atoms with E-state index >= 15 is 0 Å². The summed E-state index contributed by atoms with van der Waals surface area (Å²) in [6, 6.07) is 6.37. The van der Waals surface area contributed by atoms with Gasteiger partial charge < -0.3 is 10.0 Å². The highest BCUT2D eigenvalue weighted by Gasteiger charge is 2.44. The summed E-state index contributed by atoms with van der Waals surface area (Å²) in [5, 5.41) is 13.9. The Labute approximate surface area is 163 Å². The number of hydrogen-bond donors (Lipinski definition) is 1. The topological polar surface area (TPSA) is 58.4 Å². The van der Waals surface area contributed by atoms with Gasteiger partial charge in [0.25, 0.3) is 12.3 Å². The maximum atomic E-state index is 12.9. The van der Waals surface area contributed by atoms with Gasteiger partial charge in [-0.3, -0.25) is 4.79 Å². The van der Waals surface area contributed by atoms with Crippen LogP contribution in [0.1, 0.15) is 36.9 Å². The Kier molecular flexibility index (Phi) is 5.66. The number of carbonyl (C=O) groups is 1. The lowest BCUT2D eigenvalue weighted by molar-refractivity contribution is -0.166. The highest BCUT2D eigenvalue weighted by Crippen LogP contribution is 2.33. The van der Waals surface area contributed by atoms with E-state index in [2.05, 4.69) is 5.10 Å². The van der Waals surface area contributed by atoms with Crippen molar-refractivity contribution in [2.75, 3.05) is 13.1 Å². The van der Waals surface area contributed by atoms with Gasteiger partial charge >= 0.3 is 6.18 Å². The maximum absolute atomic E-state index is 12.9. The van der Waals surface area contributed by atoms with Gasteiger partial charge in [-0.1, -0.05) is 0 Å². The van der Waals surface area contributed by atoms with E-state index in [0.717, 1.165) is 24.8 Å². The normalized spacial score (nSPS) is 18.1. The van der Waals surface area contributed by atoms with Crippen LogP contribution >= 0.6 is 0 Å². The zero-order valence-corrected chi connectivity index (χ0v) is 15.5. The first-order valence-electron chi connectivity index (χ1n) is 9.03. The number of piperidine rings is 1. The summed E-state index contributed by atoms with van der Waals surface area (Å²) in [7, 11) is 0. The van der Waals surface area contributed by atoms with Gasteiger partial charge in [-0.05, 0) is 50.1 Å². The Morgan fingerprint density at radius 1 is 1.14 bits per heavy atom. The fourth-order valence-electron chi connectivity index (χ4n) is 3.42. The fourth-order valence-corrected chi connectivity index (χ4v) is 3.42. The summed E-state index contributed by atoms with van der Waals surface area (Å²) >= 11 is 0. The van der Waals surface area contributed by atoms with Crippen molar-refractivity contribution < 1.29 is 31.9 Å². The smallest absolute Gasteiger partial charge is 0.375 e. The van der Waals surface area contributed by atoms with E-state index in [-0.39, 0.29) is 19.0 Å². The van der Waals surface area contributed by atoms with Crippen LogP contribution in [-0.2, 0) is 11.0 Å². The zero-order valence-electron chi connectivity index (χ0n) is 15.5. The van der Waals surface area contributed by atoms with E-state index in [4.69, 9.17) is 0 Å². The first-order valence-corrected chi connectivity index (χ1v) is 9.03. The van der Waals surface area contributed by atoms with Crippen LogP contribution in [0.15, 0.2) is 36.5 Å². The Bertz CT molecular complexity index is 853. The van der Waals surface area contributed by atoms with Gasteiger partial charge in [0.2, 0.25) is 5.60 Å². The van der Waals surface area contributed by atoms with Crippen molar-refractivity contribution in [2.24, 2.45) is 0 Å². The van der Waals surface area contributed by atoms with Crippen LogP contribution < -0.4 is 0 Å². The minimum absolute atomic E-state index is 0.0552. The van der Waals surface area contributed by atoms with Crippen LogP contribution in [0.4, 0.5) is 22.0 Å². The summed E-state index contributed by atoms with van der Waals surface area (Å²) in [6.07, 6.45) is -5.17. The van der Waals surface area contributed by atoms with E-state index in [0.29, 0.717) is 18.5 Å². The van der Waals surface area contributed by atoms with Crippen molar-refractivity contribution in [3.63, 3.8) is 0 Å². The number of carbonyl (C=O) groups excluding carboxylic acids is 1. The maximum Gasteiger partial charge on any atom is 0.416 e. The van der Waals surface area contributed by atoms with E-state index < -0.39 is 29.7 Å². The number of rotatable bonds is 4. The predicted octanol–water partition coefficient (Wildman–Crippen LogP) is 3.61. The molecule has 2 heterocycles. The summed E-state index contributed by atoms with van der Waals surface area (Å²) in [4.78, 5) is 13.4. The highest BCUT2D eigenvalue weighted by molar-refractivity contribution is 5.85. The second-order valence-corrected chi connectivity index (χ2v) is 7.23. The molecule has 1 fully saturated rings. The number of alkyl halides is 5. The third-order valence-corrected chi connectivity index (χ3v) is 5.17. The number of aromatic nitrogens is 2. The largest absolute Gasteiger partial charge is 0.416 e. The number of likely N-dealkylation sites (tertiary alicyclic amines) is 1. The van der Waals surface area contributed by atoms with E-state index in [1.165, 1.54) is 27.9 Å². The number of hydrogen-bond acceptors (Lipinski definition) is 3. The van der Waals surface area contributed by atoms with Gasteiger partial charge in [-0.15, -0.1) is 0 Å². The van der Waals surface area contributed by atoms with Crippen molar-refractivity contribution in [3.8, 4) is 5.69 Å². The molecule has 1 aliphatic heterocycles. The van der Waals surface area contributed by atoms with Gasteiger partial charge in [0, 0.05) is 30.9 Å². The lowest BCUT2D eigenvalue weighted by Gasteiger charge is -2.36. The van der Waals surface area contributed by atoms with Crippen molar-refractivity contribution >= 4 is 5.91 Å². The Balaban J connectivity index is 1.72. The van der Waals surface area contributed by atoms with Gasteiger partial charge in [0.15, 0.2) is 0 Å². The first kappa shape index (κ1) is 21.2. The summed E-state index contributed by atoms with van der Waals surface area (Å²) in [6.45, 7) is 1.17. The predicted molar refractivity (Wildman–Crippen MR) is 93.7 cm³/mol. The molecule has 1 N–H and O–H groups in total. The number of benzene rings is 1. The average Bonchev–Trinajstić information content (AvgIpc) is 3.16. The van der Waals surface area contributed by atoms with Gasteiger partial charge in [-0.25, -0.2) is 13.5 Å². The van der Waals surface area contributed by atoms with Crippen LogP contribution in [0.25, 0.3) is 5.69 Å². The molecule has 158 valence electrons. The molecule has 1 aromatic heterocycles. The molecule has 10 heteroatoms. The molecule has 1 aromatic carbocycles.